The molecule has 0 heterocycles. The van der Waals surface area contributed by atoms with Gasteiger partial charge in [-0.15, -0.1) is 0 Å². The van der Waals surface area contributed by atoms with E-state index in [1.54, 1.807) is 6.07 Å². The first-order chi connectivity index (χ1) is 7.60. The van der Waals surface area contributed by atoms with Crippen molar-refractivity contribution >= 4 is 5.69 Å². The fourth-order valence-electron chi connectivity index (χ4n) is 1.80. The molecule has 1 aromatic carbocycles. The van der Waals surface area contributed by atoms with Crippen LogP contribution >= 0.6 is 0 Å². The summed E-state index contributed by atoms with van der Waals surface area (Å²) in [5.41, 5.74) is 2.80. The van der Waals surface area contributed by atoms with Crippen molar-refractivity contribution in [1.82, 2.24) is 0 Å². The monoisotopic (exact) mass is 223 g/mol. The van der Waals surface area contributed by atoms with Gasteiger partial charge in [0.05, 0.1) is 0 Å². The van der Waals surface area contributed by atoms with Gasteiger partial charge < -0.3 is 4.90 Å². The molecule has 0 atom stereocenters. The van der Waals surface area contributed by atoms with Crippen molar-refractivity contribution in [3.8, 4) is 0 Å². The number of halogens is 1. The highest BCUT2D eigenvalue weighted by Gasteiger charge is 2.08. The van der Waals surface area contributed by atoms with Crippen molar-refractivity contribution in [2.75, 3.05) is 18.0 Å². The third-order valence-electron chi connectivity index (χ3n) is 3.12. The molecule has 1 rings (SSSR count). The smallest absolute Gasteiger partial charge is 0.128 e. The Hall–Kier alpha value is -1.05. The average Bonchev–Trinajstić information content (AvgIpc) is 2.26. The van der Waals surface area contributed by atoms with E-state index in [4.69, 9.17) is 0 Å². The minimum absolute atomic E-state index is 0.0926. The highest BCUT2D eigenvalue weighted by molar-refractivity contribution is 5.51. The molecule has 2 heteroatoms. The molecule has 0 saturated heterocycles. The lowest BCUT2D eigenvalue weighted by Crippen LogP contribution is -2.24. The topological polar surface area (TPSA) is 3.24 Å². The Balaban J connectivity index is 2.92. The van der Waals surface area contributed by atoms with E-state index < -0.39 is 0 Å². The van der Waals surface area contributed by atoms with Gasteiger partial charge in [-0.3, -0.25) is 0 Å². The summed E-state index contributed by atoms with van der Waals surface area (Å²) in [4.78, 5) is 2.24. The average molecular weight is 223 g/mol. The SMILES string of the molecule is CCCCN(CC)c1cc(C)c(C)c(F)c1. The van der Waals surface area contributed by atoms with Crippen molar-refractivity contribution in [1.29, 1.82) is 0 Å². The molecule has 0 bridgehead atoms. The Morgan fingerprint density at radius 1 is 1.19 bits per heavy atom. The maximum atomic E-state index is 13.6. The predicted octanol–water partition coefficient (Wildman–Crippen LogP) is 4.07. The Morgan fingerprint density at radius 3 is 2.38 bits per heavy atom. The van der Waals surface area contributed by atoms with Gasteiger partial charge in [-0.25, -0.2) is 4.39 Å². The lowest BCUT2D eigenvalue weighted by atomic mass is 10.1. The summed E-state index contributed by atoms with van der Waals surface area (Å²) in [6.45, 7) is 10.0. The van der Waals surface area contributed by atoms with Crippen LogP contribution in [0.1, 0.15) is 37.8 Å². The molecular weight excluding hydrogens is 201 g/mol. The van der Waals surface area contributed by atoms with Gasteiger partial charge >= 0.3 is 0 Å². The molecule has 0 aliphatic rings. The molecule has 1 nitrogen and oxygen atoms in total. The van der Waals surface area contributed by atoms with E-state index in [0.717, 1.165) is 36.3 Å². The Morgan fingerprint density at radius 2 is 1.88 bits per heavy atom. The lowest BCUT2D eigenvalue weighted by Gasteiger charge is -2.24. The van der Waals surface area contributed by atoms with Crippen LogP contribution in [0.4, 0.5) is 10.1 Å². The van der Waals surface area contributed by atoms with Gasteiger partial charge in [0.1, 0.15) is 5.82 Å². The lowest BCUT2D eigenvalue weighted by molar-refractivity contribution is 0.615. The van der Waals surface area contributed by atoms with Crippen molar-refractivity contribution < 1.29 is 4.39 Å². The van der Waals surface area contributed by atoms with Gasteiger partial charge in [0.15, 0.2) is 0 Å². The van der Waals surface area contributed by atoms with E-state index in [-0.39, 0.29) is 5.82 Å². The summed E-state index contributed by atoms with van der Waals surface area (Å²) < 4.78 is 13.6. The number of benzene rings is 1. The standard InChI is InChI=1S/C14H22FN/c1-5-7-8-16(6-2)13-9-11(3)12(4)14(15)10-13/h9-10H,5-8H2,1-4H3. The number of aryl methyl sites for hydroxylation is 1. The summed E-state index contributed by atoms with van der Waals surface area (Å²) in [5, 5.41) is 0. The van der Waals surface area contributed by atoms with Gasteiger partial charge in [0.25, 0.3) is 0 Å². The van der Waals surface area contributed by atoms with Crippen LogP contribution in [0.15, 0.2) is 12.1 Å². The Bertz CT molecular complexity index is 324. The minimum atomic E-state index is -0.0926. The van der Waals surface area contributed by atoms with Crippen LogP contribution in [0.3, 0.4) is 0 Å². The zero-order valence-corrected chi connectivity index (χ0v) is 10.8. The first-order valence-electron chi connectivity index (χ1n) is 6.11. The second-order valence-corrected chi connectivity index (χ2v) is 4.30. The molecule has 0 spiro atoms. The normalized spacial score (nSPS) is 10.6. The summed E-state index contributed by atoms with van der Waals surface area (Å²) in [5.74, 6) is -0.0926. The molecule has 0 aliphatic heterocycles. The maximum absolute atomic E-state index is 13.6. The second kappa shape index (κ2) is 5.88. The molecule has 90 valence electrons. The molecule has 1 aromatic rings. The van der Waals surface area contributed by atoms with E-state index in [1.165, 1.54) is 6.42 Å². The van der Waals surface area contributed by atoms with Gasteiger partial charge in [-0.1, -0.05) is 13.3 Å². The maximum Gasteiger partial charge on any atom is 0.128 e. The predicted molar refractivity (Wildman–Crippen MR) is 68.7 cm³/mol. The van der Waals surface area contributed by atoms with Crippen LogP contribution in [-0.4, -0.2) is 13.1 Å². The Kier molecular flexibility index (Phi) is 4.78. The van der Waals surface area contributed by atoms with E-state index >= 15 is 0 Å². The third-order valence-corrected chi connectivity index (χ3v) is 3.12. The molecule has 0 aromatic heterocycles. The van der Waals surface area contributed by atoms with Crippen LogP contribution in [0.5, 0.6) is 0 Å². The number of anilines is 1. The summed E-state index contributed by atoms with van der Waals surface area (Å²) in [6.07, 6.45) is 2.33. The number of hydrogen-bond acceptors (Lipinski definition) is 1. The van der Waals surface area contributed by atoms with Crippen LogP contribution < -0.4 is 4.90 Å². The fraction of sp³-hybridized carbons (Fsp3) is 0.571. The number of rotatable bonds is 5. The third kappa shape index (κ3) is 2.97. The van der Waals surface area contributed by atoms with Crippen molar-refractivity contribution in [2.45, 2.75) is 40.5 Å². The van der Waals surface area contributed by atoms with Crippen molar-refractivity contribution in [3.05, 3.63) is 29.1 Å². The molecule has 0 saturated carbocycles. The number of nitrogens with zero attached hydrogens (tertiary/aromatic N) is 1. The summed E-state index contributed by atoms with van der Waals surface area (Å²) in [7, 11) is 0. The van der Waals surface area contributed by atoms with Crippen molar-refractivity contribution in [2.24, 2.45) is 0 Å². The van der Waals surface area contributed by atoms with E-state index in [2.05, 4.69) is 24.8 Å². The van der Waals surface area contributed by atoms with Crippen LogP contribution in [0.25, 0.3) is 0 Å². The second-order valence-electron chi connectivity index (χ2n) is 4.30. The van der Waals surface area contributed by atoms with Gasteiger partial charge in [0.2, 0.25) is 0 Å². The summed E-state index contributed by atoms with van der Waals surface area (Å²) >= 11 is 0. The van der Waals surface area contributed by atoms with Crippen LogP contribution in [0, 0.1) is 19.7 Å². The van der Waals surface area contributed by atoms with Crippen LogP contribution in [-0.2, 0) is 0 Å². The highest BCUT2D eigenvalue weighted by atomic mass is 19.1. The van der Waals surface area contributed by atoms with Gasteiger partial charge in [0, 0.05) is 18.8 Å². The molecule has 0 aliphatic carbocycles. The minimum Gasteiger partial charge on any atom is -0.372 e. The number of unbranched alkanes of at least 4 members (excludes halogenated alkanes) is 1. The molecular formula is C14H22FN. The Labute approximate surface area is 98.3 Å². The zero-order chi connectivity index (χ0) is 12.1. The molecule has 0 radical (unpaired) electrons. The number of hydrogen-bond donors (Lipinski definition) is 0. The fourth-order valence-corrected chi connectivity index (χ4v) is 1.80. The molecule has 16 heavy (non-hydrogen) atoms. The summed E-state index contributed by atoms with van der Waals surface area (Å²) in [6, 6.07) is 3.74. The van der Waals surface area contributed by atoms with Crippen molar-refractivity contribution in [3.63, 3.8) is 0 Å². The molecule has 0 N–H and O–H groups in total. The molecule has 0 unspecified atom stereocenters. The van der Waals surface area contributed by atoms with E-state index in [1.807, 2.05) is 13.8 Å². The molecule has 0 fully saturated rings. The highest BCUT2D eigenvalue weighted by Crippen LogP contribution is 2.22. The largest absolute Gasteiger partial charge is 0.372 e. The van der Waals surface area contributed by atoms with Gasteiger partial charge in [-0.2, -0.15) is 0 Å². The molecule has 0 amide bonds. The van der Waals surface area contributed by atoms with E-state index in [9.17, 15) is 4.39 Å². The van der Waals surface area contributed by atoms with Gasteiger partial charge in [-0.05, 0) is 50.5 Å². The zero-order valence-electron chi connectivity index (χ0n) is 10.8. The van der Waals surface area contributed by atoms with E-state index in [0.29, 0.717) is 0 Å². The first kappa shape index (κ1) is 13.0. The van der Waals surface area contributed by atoms with Crippen LogP contribution in [0.2, 0.25) is 0 Å². The quantitative estimate of drug-likeness (QED) is 0.727. The first-order valence-corrected chi connectivity index (χ1v) is 6.11.